The summed E-state index contributed by atoms with van der Waals surface area (Å²) in [5.74, 6) is -0.201. The summed E-state index contributed by atoms with van der Waals surface area (Å²) in [6.45, 7) is 6.40. The van der Waals surface area contributed by atoms with Crippen LogP contribution in [0.4, 0.5) is 17.1 Å². The zero-order chi connectivity index (χ0) is 15.6. The summed E-state index contributed by atoms with van der Waals surface area (Å²) in [7, 11) is 0. The molecule has 2 rings (SSSR count). The molecule has 0 saturated heterocycles. The minimum Gasteiger partial charge on any atom is -0.397 e. The summed E-state index contributed by atoms with van der Waals surface area (Å²) in [4.78, 5) is 12.2. The number of para-hydroxylation sites is 1. The summed E-state index contributed by atoms with van der Waals surface area (Å²) in [5.41, 5.74) is 14.8. The minimum atomic E-state index is -0.201. The van der Waals surface area contributed by atoms with E-state index in [-0.39, 0.29) is 11.3 Å². The van der Waals surface area contributed by atoms with Gasteiger partial charge in [-0.25, -0.2) is 0 Å². The van der Waals surface area contributed by atoms with Crippen molar-refractivity contribution in [3.05, 3.63) is 53.6 Å². The Balaban J connectivity index is 2.19. The molecule has 0 heterocycles. The number of anilines is 3. The third kappa shape index (κ3) is 3.34. The predicted octanol–water partition coefficient (Wildman–Crippen LogP) is 3.40. The van der Waals surface area contributed by atoms with E-state index in [2.05, 4.69) is 26.1 Å². The molecule has 4 nitrogen and oxygen atoms in total. The molecule has 0 bridgehead atoms. The lowest BCUT2D eigenvalue weighted by Gasteiger charge is -2.19. The van der Waals surface area contributed by atoms with Gasteiger partial charge in [0, 0.05) is 5.56 Å². The van der Waals surface area contributed by atoms with E-state index in [1.807, 2.05) is 24.3 Å². The van der Waals surface area contributed by atoms with Gasteiger partial charge in [0.2, 0.25) is 0 Å². The van der Waals surface area contributed by atoms with Gasteiger partial charge in [-0.2, -0.15) is 0 Å². The highest BCUT2D eigenvalue weighted by atomic mass is 16.1. The van der Waals surface area contributed by atoms with Crippen LogP contribution in [0.1, 0.15) is 36.7 Å². The molecule has 1 amide bonds. The van der Waals surface area contributed by atoms with Crippen LogP contribution in [0.15, 0.2) is 42.5 Å². The maximum absolute atomic E-state index is 12.2. The Morgan fingerprint density at radius 1 is 1.00 bits per heavy atom. The van der Waals surface area contributed by atoms with Crippen LogP contribution < -0.4 is 16.8 Å². The first-order valence-corrected chi connectivity index (χ1v) is 6.85. The quantitative estimate of drug-likeness (QED) is 0.739. The fourth-order valence-corrected chi connectivity index (χ4v) is 2.01. The molecule has 5 N–H and O–H groups in total. The van der Waals surface area contributed by atoms with Gasteiger partial charge in [0.05, 0.1) is 17.1 Å². The Kier molecular flexibility index (Phi) is 3.89. The molecule has 0 fully saturated rings. The van der Waals surface area contributed by atoms with E-state index >= 15 is 0 Å². The Morgan fingerprint density at radius 2 is 1.62 bits per heavy atom. The van der Waals surface area contributed by atoms with Gasteiger partial charge in [0.15, 0.2) is 0 Å². The number of amides is 1. The van der Waals surface area contributed by atoms with Crippen molar-refractivity contribution in [2.75, 3.05) is 16.8 Å². The molecule has 0 aromatic heterocycles. The van der Waals surface area contributed by atoms with Crippen molar-refractivity contribution in [3.63, 3.8) is 0 Å². The Bertz CT molecular complexity index is 655. The van der Waals surface area contributed by atoms with Gasteiger partial charge in [-0.15, -0.1) is 0 Å². The maximum Gasteiger partial charge on any atom is 0.255 e. The number of carbonyl (C=O) groups is 1. The van der Waals surface area contributed by atoms with E-state index in [9.17, 15) is 4.79 Å². The smallest absolute Gasteiger partial charge is 0.255 e. The molecule has 0 aliphatic rings. The average molecular weight is 283 g/mol. The monoisotopic (exact) mass is 283 g/mol. The van der Waals surface area contributed by atoms with E-state index in [4.69, 9.17) is 11.5 Å². The molecule has 4 heteroatoms. The zero-order valence-corrected chi connectivity index (χ0v) is 12.6. The van der Waals surface area contributed by atoms with Crippen LogP contribution in [-0.4, -0.2) is 5.91 Å². The van der Waals surface area contributed by atoms with E-state index in [1.165, 1.54) is 5.56 Å². The summed E-state index contributed by atoms with van der Waals surface area (Å²) in [6.07, 6.45) is 0. The van der Waals surface area contributed by atoms with Gasteiger partial charge in [0.25, 0.3) is 5.91 Å². The summed E-state index contributed by atoms with van der Waals surface area (Å²) in [6, 6.07) is 12.8. The fraction of sp³-hybridized carbons (Fsp3) is 0.235. The lowest BCUT2D eigenvalue weighted by atomic mass is 9.87. The number of nitrogens with one attached hydrogen (secondary N) is 1. The predicted molar refractivity (Wildman–Crippen MR) is 88.4 cm³/mol. The van der Waals surface area contributed by atoms with Crippen LogP contribution in [0.2, 0.25) is 0 Å². The largest absolute Gasteiger partial charge is 0.397 e. The van der Waals surface area contributed by atoms with E-state index < -0.39 is 0 Å². The van der Waals surface area contributed by atoms with E-state index in [0.29, 0.717) is 22.6 Å². The topological polar surface area (TPSA) is 81.1 Å². The average Bonchev–Trinajstić information content (AvgIpc) is 2.43. The molecule has 0 aliphatic heterocycles. The van der Waals surface area contributed by atoms with E-state index in [0.717, 1.165) is 0 Å². The lowest BCUT2D eigenvalue weighted by molar-refractivity contribution is 0.102. The molecule has 0 radical (unpaired) electrons. The van der Waals surface area contributed by atoms with Crippen molar-refractivity contribution in [1.29, 1.82) is 0 Å². The van der Waals surface area contributed by atoms with Crippen molar-refractivity contribution < 1.29 is 4.79 Å². The highest BCUT2D eigenvalue weighted by molar-refractivity contribution is 6.06. The molecular weight excluding hydrogens is 262 g/mol. The normalized spacial score (nSPS) is 11.2. The lowest BCUT2D eigenvalue weighted by Crippen LogP contribution is -2.15. The van der Waals surface area contributed by atoms with Crippen LogP contribution in [0.3, 0.4) is 0 Å². The second kappa shape index (κ2) is 5.48. The molecule has 2 aromatic rings. The summed E-state index contributed by atoms with van der Waals surface area (Å²) in [5, 5.41) is 2.78. The van der Waals surface area contributed by atoms with E-state index in [1.54, 1.807) is 18.2 Å². The van der Waals surface area contributed by atoms with Crippen molar-refractivity contribution >= 4 is 23.0 Å². The van der Waals surface area contributed by atoms with Crippen LogP contribution in [0.25, 0.3) is 0 Å². The molecular formula is C17H21N3O. The number of nitrogen functional groups attached to an aromatic ring is 2. The highest BCUT2D eigenvalue weighted by Gasteiger charge is 2.14. The van der Waals surface area contributed by atoms with Crippen molar-refractivity contribution in [2.24, 2.45) is 0 Å². The molecule has 0 spiro atoms. The summed E-state index contributed by atoms with van der Waals surface area (Å²) < 4.78 is 0. The standard InChI is InChI=1S/C17H21N3O/c1-17(2,3)12-9-7-11(8-10-12)16(21)20-14-6-4-5-13(18)15(14)19/h4-10H,18-19H2,1-3H3,(H,20,21). The first-order valence-electron chi connectivity index (χ1n) is 6.85. The zero-order valence-electron chi connectivity index (χ0n) is 12.6. The van der Waals surface area contributed by atoms with Gasteiger partial charge < -0.3 is 16.8 Å². The van der Waals surface area contributed by atoms with Gasteiger partial charge in [-0.1, -0.05) is 39.0 Å². The van der Waals surface area contributed by atoms with Crippen LogP contribution in [0, 0.1) is 0 Å². The molecule has 0 unspecified atom stereocenters. The summed E-state index contributed by atoms with van der Waals surface area (Å²) >= 11 is 0. The third-order valence-corrected chi connectivity index (χ3v) is 3.40. The number of hydrogen-bond donors (Lipinski definition) is 3. The SMILES string of the molecule is CC(C)(C)c1ccc(C(=O)Nc2cccc(N)c2N)cc1. The minimum absolute atomic E-state index is 0.0628. The first kappa shape index (κ1) is 14.9. The maximum atomic E-state index is 12.2. The van der Waals surface area contributed by atoms with Gasteiger partial charge in [-0.05, 0) is 35.2 Å². The van der Waals surface area contributed by atoms with Crippen molar-refractivity contribution in [2.45, 2.75) is 26.2 Å². The van der Waals surface area contributed by atoms with Crippen LogP contribution in [0.5, 0.6) is 0 Å². The fourth-order valence-electron chi connectivity index (χ4n) is 2.01. The number of hydrogen-bond acceptors (Lipinski definition) is 3. The second-order valence-electron chi connectivity index (χ2n) is 6.09. The Morgan fingerprint density at radius 3 is 2.19 bits per heavy atom. The van der Waals surface area contributed by atoms with Crippen molar-refractivity contribution in [1.82, 2.24) is 0 Å². The molecule has 0 atom stereocenters. The number of benzene rings is 2. The van der Waals surface area contributed by atoms with Crippen LogP contribution >= 0.6 is 0 Å². The number of rotatable bonds is 2. The molecule has 21 heavy (non-hydrogen) atoms. The van der Waals surface area contributed by atoms with Crippen LogP contribution in [-0.2, 0) is 5.41 Å². The first-order chi connectivity index (χ1) is 9.79. The molecule has 110 valence electrons. The number of carbonyl (C=O) groups excluding carboxylic acids is 1. The van der Waals surface area contributed by atoms with Gasteiger partial charge in [-0.3, -0.25) is 4.79 Å². The molecule has 0 aliphatic carbocycles. The van der Waals surface area contributed by atoms with Gasteiger partial charge in [0.1, 0.15) is 0 Å². The molecule has 2 aromatic carbocycles. The second-order valence-corrected chi connectivity index (χ2v) is 6.09. The number of nitrogens with two attached hydrogens (primary N) is 2. The third-order valence-electron chi connectivity index (χ3n) is 3.40. The molecule has 0 saturated carbocycles. The highest BCUT2D eigenvalue weighted by Crippen LogP contribution is 2.26. The Labute approximate surface area is 125 Å². The Hall–Kier alpha value is -2.49. The van der Waals surface area contributed by atoms with Gasteiger partial charge >= 0.3 is 0 Å². The van der Waals surface area contributed by atoms with Crippen molar-refractivity contribution in [3.8, 4) is 0 Å².